The second-order valence-electron chi connectivity index (χ2n) is 4.02. The van der Waals surface area contributed by atoms with Gasteiger partial charge in [-0.1, -0.05) is 23.2 Å². The molecule has 9 heteroatoms. The van der Waals surface area contributed by atoms with Gasteiger partial charge in [0, 0.05) is 6.04 Å². The number of guanidine groups is 1. The maximum atomic E-state index is 6.17. The number of nitrogens with one attached hydrogen (secondary N) is 2. The fourth-order valence-electron chi connectivity index (χ4n) is 1.48. The molecular weight excluding hydrogens is 307 g/mol. The summed E-state index contributed by atoms with van der Waals surface area (Å²) in [7, 11) is 0. The molecule has 1 aromatic rings. The maximum absolute atomic E-state index is 6.17. The Balaban J connectivity index is 2.42. The van der Waals surface area contributed by atoms with Gasteiger partial charge in [-0.25, -0.2) is 10.8 Å². The monoisotopic (exact) mass is 318 g/mol. The van der Waals surface area contributed by atoms with Crippen LogP contribution in [0.3, 0.4) is 0 Å². The molecule has 1 aromatic carbocycles. The number of rotatable bonds is 2. The van der Waals surface area contributed by atoms with Gasteiger partial charge in [0.25, 0.3) is 0 Å². The Morgan fingerprint density at radius 3 is 2.63 bits per heavy atom. The van der Waals surface area contributed by atoms with Crippen molar-refractivity contribution in [2.75, 3.05) is 5.32 Å². The summed E-state index contributed by atoms with van der Waals surface area (Å²) in [6.07, 6.45) is 0. The number of benzene rings is 1. The van der Waals surface area contributed by atoms with E-state index in [2.05, 4.69) is 24.5 Å². The highest BCUT2D eigenvalue weighted by Crippen LogP contribution is 2.47. The van der Waals surface area contributed by atoms with Gasteiger partial charge in [-0.3, -0.25) is 5.43 Å². The van der Waals surface area contributed by atoms with Crippen molar-refractivity contribution in [3.05, 3.63) is 16.1 Å². The molecule has 0 radical (unpaired) electrons. The highest BCUT2D eigenvalue weighted by Gasteiger charge is 2.19. The molecule has 0 spiro atoms. The second kappa shape index (κ2) is 5.87. The molecule has 4 N–H and O–H groups in total. The van der Waals surface area contributed by atoms with Gasteiger partial charge in [0.1, 0.15) is 11.4 Å². The van der Waals surface area contributed by atoms with E-state index in [0.717, 1.165) is 11.4 Å². The van der Waals surface area contributed by atoms with Crippen molar-refractivity contribution >= 4 is 57.6 Å². The van der Waals surface area contributed by atoms with Crippen molar-refractivity contribution in [1.82, 2.24) is 5.43 Å². The van der Waals surface area contributed by atoms with E-state index in [-0.39, 0.29) is 6.04 Å². The molecule has 0 aromatic heterocycles. The lowest BCUT2D eigenvalue weighted by atomic mass is 10.2. The molecule has 1 aliphatic rings. The van der Waals surface area contributed by atoms with E-state index in [1.165, 1.54) is 0 Å². The zero-order valence-electron chi connectivity index (χ0n) is 10.2. The molecular formula is C10H12Cl2N6S. The Morgan fingerprint density at radius 2 is 2.00 bits per heavy atom. The summed E-state index contributed by atoms with van der Waals surface area (Å²) in [6.45, 7) is 3.87. The first-order valence-corrected chi connectivity index (χ1v) is 6.93. The average molecular weight is 319 g/mol. The topological polar surface area (TPSA) is 87.2 Å². The quantitative estimate of drug-likeness (QED) is 0.343. The Morgan fingerprint density at radius 1 is 1.32 bits per heavy atom. The van der Waals surface area contributed by atoms with Crippen molar-refractivity contribution in [3.63, 3.8) is 0 Å². The first kappa shape index (κ1) is 14.3. The number of halogens is 2. The summed E-state index contributed by atoms with van der Waals surface area (Å²) in [5, 5.41) is 3.90. The molecule has 19 heavy (non-hydrogen) atoms. The zero-order chi connectivity index (χ0) is 14.0. The van der Waals surface area contributed by atoms with Crippen molar-refractivity contribution in [1.29, 1.82) is 0 Å². The lowest BCUT2D eigenvalue weighted by Gasteiger charge is -2.14. The molecule has 1 heterocycles. The van der Waals surface area contributed by atoms with E-state index in [1.54, 1.807) is 6.07 Å². The molecule has 102 valence electrons. The standard InChI is InChI=1S/C10H12Cl2N6S/c1-4(2)14-10(16-13)15-7-5(11)3-6(12)8-9(7)18-19-17-8/h3-4H,13H2,1-2H3,(H2,14,15,16). The largest absolute Gasteiger partial charge is 0.322 e. The van der Waals surface area contributed by atoms with Crippen LogP contribution in [0, 0.1) is 0 Å². The van der Waals surface area contributed by atoms with Crippen molar-refractivity contribution < 1.29 is 0 Å². The molecule has 2 rings (SSSR count). The van der Waals surface area contributed by atoms with Gasteiger partial charge in [-0.15, -0.1) is 0 Å². The molecule has 0 unspecified atom stereocenters. The third-order valence-corrected chi connectivity index (χ3v) is 3.33. The number of aliphatic imine (C=N–C) groups is 1. The summed E-state index contributed by atoms with van der Waals surface area (Å²) in [5.74, 6) is 5.82. The zero-order valence-corrected chi connectivity index (χ0v) is 12.6. The average Bonchev–Trinajstić information content (AvgIpc) is 2.81. The van der Waals surface area contributed by atoms with E-state index in [0.29, 0.717) is 33.1 Å². The van der Waals surface area contributed by atoms with Gasteiger partial charge in [-0.2, -0.15) is 8.73 Å². The summed E-state index contributed by atoms with van der Waals surface area (Å²) in [4.78, 5) is 4.28. The van der Waals surface area contributed by atoms with Gasteiger partial charge in [0.05, 0.1) is 27.1 Å². The van der Waals surface area contributed by atoms with Gasteiger partial charge < -0.3 is 5.32 Å². The summed E-state index contributed by atoms with van der Waals surface area (Å²) >= 11 is 13.3. The van der Waals surface area contributed by atoms with Crippen LogP contribution in [-0.2, 0) is 11.4 Å². The van der Waals surface area contributed by atoms with Crippen LogP contribution >= 0.6 is 23.2 Å². The van der Waals surface area contributed by atoms with Crippen LogP contribution in [-0.4, -0.2) is 12.0 Å². The number of hydrogen-bond acceptors (Lipinski definition) is 4. The molecule has 0 bridgehead atoms. The van der Waals surface area contributed by atoms with Gasteiger partial charge >= 0.3 is 0 Å². The van der Waals surface area contributed by atoms with E-state index >= 15 is 0 Å². The maximum Gasteiger partial charge on any atom is 0.210 e. The predicted octanol–water partition coefficient (Wildman–Crippen LogP) is 3.36. The summed E-state index contributed by atoms with van der Waals surface area (Å²) in [5.41, 5.74) is 4.25. The SMILES string of the molecule is CC(C)N=C(NN)Nc1c(Cl)cc(Cl)c2c1N=S=N2. The lowest BCUT2D eigenvalue weighted by Crippen LogP contribution is -2.37. The number of anilines is 1. The van der Waals surface area contributed by atoms with Crippen LogP contribution in [0.5, 0.6) is 0 Å². The van der Waals surface area contributed by atoms with Crippen LogP contribution < -0.4 is 16.6 Å². The minimum atomic E-state index is 0.0775. The molecule has 0 aliphatic carbocycles. The van der Waals surface area contributed by atoms with Crippen LogP contribution in [0.4, 0.5) is 17.1 Å². The molecule has 0 saturated heterocycles. The fraction of sp³-hybridized carbons (Fsp3) is 0.300. The number of hydrogen-bond donors (Lipinski definition) is 3. The number of nitrogens with zero attached hydrogens (tertiary/aromatic N) is 3. The number of nitrogens with two attached hydrogens (primary N) is 1. The van der Waals surface area contributed by atoms with E-state index in [1.807, 2.05) is 13.8 Å². The van der Waals surface area contributed by atoms with Crippen molar-refractivity contribution in [3.8, 4) is 0 Å². The highest BCUT2D eigenvalue weighted by atomic mass is 35.5. The van der Waals surface area contributed by atoms with Gasteiger partial charge in [0.15, 0.2) is 0 Å². The van der Waals surface area contributed by atoms with Crippen LogP contribution in [0.2, 0.25) is 10.0 Å². The Labute approximate surface area is 124 Å². The normalized spacial score (nSPS) is 13.5. The Bertz CT molecular complexity index is 607. The Kier molecular flexibility index (Phi) is 4.41. The second-order valence-corrected chi connectivity index (χ2v) is 5.36. The fourth-order valence-corrected chi connectivity index (χ4v) is 2.63. The van der Waals surface area contributed by atoms with Gasteiger partial charge in [0.2, 0.25) is 5.96 Å². The lowest BCUT2D eigenvalue weighted by molar-refractivity contribution is 0.819. The minimum absolute atomic E-state index is 0.0775. The first-order chi connectivity index (χ1) is 9.02. The molecule has 6 nitrogen and oxygen atoms in total. The number of fused-ring (bicyclic) bond motifs is 1. The third-order valence-electron chi connectivity index (χ3n) is 2.21. The molecule has 0 amide bonds. The summed E-state index contributed by atoms with van der Waals surface area (Å²) < 4.78 is 8.30. The van der Waals surface area contributed by atoms with Crippen LogP contribution in [0.15, 0.2) is 19.8 Å². The minimum Gasteiger partial charge on any atom is -0.322 e. The molecule has 1 aliphatic heterocycles. The van der Waals surface area contributed by atoms with E-state index < -0.39 is 0 Å². The molecule has 0 atom stereocenters. The predicted molar refractivity (Wildman–Crippen MR) is 81.5 cm³/mol. The number of hydrazine groups is 1. The van der Waals surface area contributed by atoms with Crippen LogP contribution in [0.1, 0.15) is 13.8 Å². The van der Waals surface area contributed by atoms with Crippen molar-refractivity contribution in [2.45, 2.75) is 19.9 Å². The first-order valence-electron chi connectivity index (χ1n) is 5.44. The summed E-state index contributed by atoms with van der Waals surface area (Å²) in [6, 6.07) is 1.69. The van der Waals surface area contributed by atoms with Crippen molar-refractivity contribution in [2.24, 2.45) is 19.6 Å². The Hall–Kier alpha value is -1.15. The van der Waals surface area contributed by atoms with Crippen LogP contribution in [0.25, 0.3) is 0 Å². The van der Waals surface area contributed by atoms with E-state index in [4.69, 9.17) is 29.0 Å². The molecule has 0 saturated carbocycles. The molecule has 0 fully saturated rings. The highest BCUT2D eigenvalue weighted by molar-refractivity contribution is 7.58. The van der Waals surface area contributed by atoms with E-state index in [9.17, 15) is 0 Å². The smallest absolute Gasteiger partial charge is 0.210 e. The third kappa shape index (κ3) is 3.06. The van der Waals surface area contributed by atoms with Gasteiger partial charge in [-0.05, 0) is 19.9 Å².